The number of hydrogen-bond donors (Lipinski definition) is 3. The van der Waals surface area contributed by atoms with Crippen LogP contribution >= 0.6 is 23.5 Å². The molecule has 2 unspecified atom stereocenters. The highest BCUT2D eigenvalue weighted by Gasteiger charge is 2.44. The lowest BCUT2D eigenvalue weighted by Crippen LogP contribution is -2.37. The highest BCUT2D eigenvalue weighted by atomic mass is 32.2. The van der Waals surface area contributed by atoms with Gasteiger partial charge in [0.15, 0.2) is 10.3 Å². The van der Waals surface area contributed by atoms with Gasteiger partial charge >= 0.3 is 12.4 Å². The number of carbonyl (C=O) groups is 3. The Kier molecular flexibility index (Phi) is 14.4. The maximum atomic E-state index is 13.4. The van der Waals surface area contributed by atoms with Crippen molar-refractivity contribution in [2.24, 2.45) is 9.98 Å². The lowest BCUT2D eigenvalue weighted by molar-refractivity contribution is -0.139. The second kappa shape index (κ2) is 19.0. The quantitative estimate of drug-likeness (QED) is 0.102. The molecule has 3 heterocycles. The molecule has 2 saturated carbocycles. The van der Waals surface area contributed by atoms with E-state index in [9.17, 15) is 40.7 Å². The molecule has 2 aliphatic heterocycles. The highest BCUT2D eigenvalue weighted by molar-refractivity contribution is 8.16. The molecule has 7 rings (SSSR count). The summed E-state index contributed by atoms with van der Waals surface area (Å²) in [7, 11) is 0. The monoisotopic (exact) mass is 892 g/mol. The average Bonchev–Trinajstić information content (AvgIpc) is 4.12. The number of amides is 3. The molecule has 18 heteroatoms. The minimum Gasteiger partial charge on any atom is -0.472 e. The Morgan fingerprint density at radius 2 is 1.30 bits per heavy atom. The Bertz CT molecular complexity index is 2110. The van der Waals surface area contributed by atoms with E-state index in [1.54, 1.807) is 39.0 Å². The van der Waals surface area contributed by atoms with E-state index in [-0.39, 0.29) is 34.9 Å². The van der Waals surface area contributed by atoms with Crippen molar-refractivity contribution < 1.29 is 45.1 Å². The van der Waals surface area contributed by atoms with E-state index < -0.39 is 45.1 Å². The van der Waals surface area contributed by atoms with Crippen molar-refractivity contribution in [3.05, 3.63) is 94.9 Å². The van der Waals surface area contributed by atoms with E-state index in [2.05, 4.69) is 25.9 Å². The van der Waals surface area contributed by atoms with E-state index in [0.29, 0.717) is 47.7 Å². The summed E-state index contributed by atoms with van der Waals surface area (Å²) in [4.78, 5) is 48.4. The largest absolute Gasteiger partial charge is 0.472 e. The van der Waals surface area contributed by atoms with Crippen molar-refractivity contribution in [1.29, 1.82) is 0 Å². The maximum absolute atomic E-state index is 13.4. The van der Waals surface area contributed by atoms with Crippen LogP contribution in [0.3, 0.4) is 0 Å². The fraction of sp³-hybridized carbons (Fsp3) is 0.512. The van der Waals surface area contributed by atoms with Crippen LogP contribution in [0.4, 0.5) is 26.3 Å². The summed E-state index contributed by atoms with van der Waals surface area (Å²) in [6, 6.07) is 11.8. The second-order valence-corrected chi connectivity index (χ2v) is 19.1. The van der Waals surface area contributed by atoms with Gasteiger partial charge in [-0.25, -0.2) is 0 Å². The molecule has 330 valence electrons. The SMILES string of the molecule is C[C@H](N=C1NC(=O)C(C)(CCCN(C(=O)c2ccoc2)C2CC2)S1)c1ccccc1C(F)(F)F.C[C@H](N=C1NC(=O)C(C)(CCCNC2CC2)S1)c1ccccc1C(F)(F)F. The molecule has 3 aromatic rings. The lowest BCUT2D eigenvalue weighted by Gasteiger charge is -2.24. The first-order valence-electron chi connectivity index (χ1n) is 20.3. The van der Waals surface area contributed by atoms with Crippen LogP contribution < -0.4 is 16.0 Å². The van der Waals surface area contributed by atoms with Crippen LogP contribution in [-0.4, -0.2) is 67.6 Å². The van der Waals surface area contributed by atoms with Crippen molar-refractivity contribution in [2.45, 2.75) is 125 Å². The number of benzene rings is 2. The summed E-state index contributed by atoms with van der Waals surface area (Å²) in [6.45, 7) is 8.23. The summed E-state index contributed by atoms with van der Waals surface area (Å²) in [6.07, 6.45) is 1.02. The van der Waals surface area contributed by atoms with Crippen molar-refractivity contribution >= 4 is 51.6 Å². The van der Waals surface area contributed by atoms with Crippen LogP contribution in [0.2, 0.25) is 0 Å². The molecule has 3 amide bonds. The van der Waals surface area contributed by atoms with Crippen molar-refractivity contribution in [3.63, 3.8) is 0 Å². The normalized spacial score (nSPS) is 24.0. The van der Waals surface area contributed by atoms with E-state index in [1.165, 1.54) is 73.2 Å². The first kappa shape index (κ1) is 46.2. The zero-order chi connectivity index (χ0) is 44.2. The standard InChI is InChI=1S/C24H26F3N3O3S.C19H24F3N3OS/c1-15(18-6-3-4-7-19(18)24(25,26)27)28-22-29-21(32)23(2,34-22)11-5-12-30(17-8-9-17)20(31)16-10-13-33-14-16;1-12(14-6-3-4-7-15(14)19(20,21)22)24-17-25-16(26)18(2,27-17)10-5-11-23-13-8-9-13/h3-4,6-7,10,13-15,17H,5,8-9,11-12H2,1-2H3,(H,28,29,32);3-4,6-7,12-13,23H,5,8-11H2,1-2H3,(H,24,25,26)/t15-,23?;12-,18?/m00/s1. The average molecular weight is 893 g/mol. The van der Waals surface area contributed by atoms with Crippen LogP contribution in [-0.2, 0) is 21.9 Å². The van der Waals surface area contributed by atoms with Crippen molar-refractivity contribution in [1.82, 2.24) is 20.9 Å². The molecular weight excluding hydrogens is 843 g/mol. The van der Waals surface area contributed by atoms with E-state index in [1.807, 2.05) is 11.8 Å². The Morgan fingerprint density at radius 3 is 1.74 bits per heavy atom. The number of rotatable bonds is 15. The van der Waals surface area contributed by atoms with E-state index >= 15 is 0 Å². The van der Waals surface area contributed by atoms with Crippen LogP contribution in [0.5, 0.6) is 0 Å². The van der Waals surface area contributed by atoms with Crippen LogP contribution in [0.15, 0.2) is 81.5 Å². The zero-order valence-corrected chi connectivity index (χ0v) is 35.9. The first-order chi connectivity index (χ1) is 28.8. The van der Waals surface area contributed by atoms with E-state index in [0.717, 1.165) is 37.9 Å². The number of aliphatic imine (C=N–C) groups is 2. The molecule has 1 aromatic heterocycles. The van der Waals surface area contributed by atoms with Gasteiger partial charge < -0.3 is 25.3 Å². The number of carbonyl (C=O) groups excluding carboxylic acids is 3. The van der Waals surface area contributed by atoms with Gasteiger partial charge in [0.1, 0.15) is 6.26 Å². The van der Waals surface area contributed by atoms with Gasteiger partial charge in [0.25, 0.3) is 5.91 Å². The van der Waals surface area contributed by atoms with Crippen LogP contribution in [0.25, 0.3) is 0 Å². The number of amidine groups is 2. The van der Waals surface area contributed by atoms with Gasteiger partial charge in [-0.1, -0.05) is 59.9 Å². The number of hydrogen-bond acceptors (Lipinski definition) is 9. The highest BCUT2D eigenvalue weighted by Crippen LogP contribution is 2.41. The van der Waals surface area contributed by atoms with Crippen molar-refractivity contribution in [3.8, 4) is 0 Å². The number of alkyl halides is 6. The molecule has 0 spiro atoms. The van der Waals surface area contributed by atoms with Gasteiger partial charge in [0.2, 0.25) is 11.8 Å². The van der Waals surface area contributed by atoms with E-state index in [4.69, 9.17) is 4.42 Å². The Balaban J connectivity index is 0.000000210. The minimum atomic E-state index is -4.48. The Hall–Kier alpha value is -4.29. The summed E-state index contributed by atoms with van der Waals surface area (Å²) < 4.78 is 83.3. The topological polar surface area (TPSA) is 128 Å². The molecule has 2 aromatic carbocycles. The molecular formula is C43H50F6N6O4S2. The molecule has 0 radical (unpaired) electrons. The predicted octanol–water partition coefficient (Wildman–Crippen LogP) is 9.70. The number of halogens is 6. The van der Waals surface area contributed by atoms with Gasteiger partial charge in [-0.3, -0.25) is 24.4 Å². The fourth-order valence-corrected chi connectivity index (χ4v) is 9.54. The zero-order valence-electron chi connectivity index (χ0n) is 34.3. The van der Waals surface area contributed by atoms with Crippen molar-refractivity contribution in [2.75, 3.05) is 13.1 Å². The van der Waals surface area contributed by atoms with Crippen LogP contribution in [0, 0.1) is 0 Å². The third-order valence-electron chi connectivity index (χ3n) is 11.0. The third-order valence-corrected chi connectivity index (χ3v) is 13.5. The minimum absolute atomic E-state index is 0.0591. The predicted molar refractivity (Wildman–Crippen MR) is 225 cm³/mol. The molecule has 4 atom stereocenters. The maximum Gasteiger partial charge on any atom is 0.416 e. The summed E-state index contributed by atoms with van der Waals surface area (Å²) >= 11 is 2.54. The van der Waals surface area contributed by atoms with Gasteiger partial charge in [0.05, 0.1) is 44.5 Å². The molecule has 3 N–H and O–H groups in total. The molecule has 61 heavy (non-hydrogen) atoms. The number of furan rings is 1. The number of thioether (sulfide) groups is 2. The first-order valence-corrected chi connectivity index (χ1v) is 22.0. The Morgan fingerprint density at radius 1 is 0.803 bits per heavy atom. The van der Waals surface area contributed by atoms with Gasteiger partial charge in [-0.2, -0.15) is 26.3 Å². The smallest absolute Gasteiger partial charge is 0.416 e. The number of nitrogens with one attached hydrogen (secondary N) is 3. The Labute approximate surface area is 359 Å². The van der Waals surface area contributed by atoms with Gasteiger partial charge in [-0.05, 0) is 115 Å². The fourth-order valence-electron chi connectivity index (χ4n) is 7.20. The molecule has 4 aliphatic rings. The molecule has 2 aliphatic carbocycles. The molecule has 10 nitrogen and oxygen atoms in total. The summed E-state index contributed by atoms with van der Waals surface area (Å²) in [5.74, 6) is -0.440. The molecule has 2 saturated heterocycles. The molecule has 4 fully saturated rings. The van der Waals surface area contributed by atoms with Crippen LogP contribution in [0.1, 0.15) is 124 Å². The van der Waals surface area contributed by atoms with Gasteiger partial charge in [-0.15, -0.1) is 0 Å². The summed E-state index contributed by atoms with van der Waals surface area (Å²) in [5.41, 5.74) is -0.747. The number of nitrogens with zero attached hydrogens (tertiary/aromatic N) is 3. The third kappa shape index (κ3) is 12.0. The summed E-state index contributed by atoms with van der Waals surface area (Å²) in [5, 5.41) is 9.58. The second-order valence-electron chi connectivity index (χ2n) is 16.1. The van der Waals surface area contributed by atoms with Gasteiger partial charge in [0, 0.05) is 18.6 Å². The lowest BCUT2D eigenvalue weighted by atomic mass is 10.0. The molecule has 0 bridgehead atoms.